The Kier molecular flexibility index (Phi) is 2.96. The van der Waals surface area contributed by atoms with E-state index in [1.54, 1.807) is 6.92 Å². The lowest BCUT2D eigenvalue weighted by atomic mass is 9.80. The SMILES string of the molecule is CC(C(=O)O)C1CCOC(C)(C)C1. The van der Waals surface area contributed by atoms with Gasteiger partial charge in [-0.25, -0.2) is 0 Å². The number of rotatable bonds is 2. The average Bonchev–Trinajstić information content (AvgIpc) is 2.01. The molecule has 0 aromatic rings. The van der Waals surface area contributed by atoms with Crippen LogP contribution < -0.4 is 0 Å². The first kappa shape index (κ1) is 10.5. The molecule has 0 amide bonds. The van der Waals surface area contributed by atoms with E-state index in [0.29, 0.717) is 6.61 Å². The second-order valence-electron chi connectivity index (χ2n) is 4.49. The number of hydrogen-bond donors (Lipinski definition) is 1. The third-order valence-corrected chi connectivity index (χ3v) is 2.83. The van der Waals surface area contributed by atoms with Gasteiger partial charge in [-0.2, -0.15) is 0 Å². The molecule has 1 fully saturated rings. The lowest BCUT2D eigenvalue weighted by Gasteiger charge is -2.37. The molecule has 0 saturated carbocycles. The molecule has 0 radical (unpaired) electrons. The van der Waals surface area contributed by atoms with E-state index in [9.17, 15) is 4.79 Å². The summed E-state index contributed by atoms with van der Waals surface area (Å²) in [6, 6.07) is 0. The van der Waals surface area contributed by atoms with Crippen molar-refractivity contribution in [2.24, 2.45) is 11.8 Å². The molecule has 1 rings (SSSR count). The highest BCUT2D eigenvalue weighted by molar-refractivity contribution is 5.69. The van der Waals surface area contributed by atoms with Crippen LogP contribution in [0, 0.1) is 11.8 Å². The highest BCUT2D eigenvalue weighted by Gasteiger charge is 2.34. The van der Waals surface area contributed by atoms with Crippen LogP contribution in [-0.4, -0.2) is 23.3 Å². The fourth-order valence-electron chi connectivity index (χ4n) is 1.91. The molecule has 2 unspecified atom stereocenters. The normalized spacial score (nSPS) is 29.6. The number of aliphatic carboxylic acids is 1. The Labute approximate surface area is 79.1 Å². The van der Waals surface area contributed by atoms with Crippen molar-refractivity contribution in [2.45, 2.75) is 39.2 Å². The molecule has 1 heterocycles. The quantitative estimate of drug-likeness (QED) is 0.716. The maximum Gasteiger partial charge on any atom is 0.306 e. The smallest absolute Gasteiger partial charge is 0.306 e. The van der Waals surface area contributed by atoms with Gasteiger partial charge in [0.25, 0.3) is 0 Å². The monoisotopic (exact) mass is 186 g/mol. The summed E-state index contributed by atoms with van der Waals surface area (Å²) in [4.78, 5) is 10.8. The lowest BCUT2D eigenvalue weighted by molar-refractivity contribution is -0.147. The molecule has 1 aliphatic heterocycles. The first-order chi connectivity index (χ1) is 5.92. The molecule has 0 aromatic heterocycles. The van der Waals surface area contributed by atoms with E-state index >= 15 is 0 Å². The summed E-state index contributed by atoms with van der Waals surface area (Å²) < 4.78 is 5.53. The van der Waals surface area contributed by atoms with Crippen molar-refractivity contribution in [1.29, 1.82) is 0 Å². The predicted molar refractivity (Wildman–Crippen MR) is 49.6 cm³/mol. The molecule has 1 saturated heterocycles. The van der Waals surface area contributed by atoms with Crippen LogP contribution in [0.25, 0.3) is 0 Å². The van der Waals surface area contributed by atoms with E-state index in [-0.39, 0.29) is 17.4 Å². The van der Waals surface area contributed by atoms with Crippen molar-refractivity contribution in [3.63, 3.8) is 0 Å². The Hall–Kier alpha value is -0.570. The van der Waals surface area contributed by atoms with Gasteiger partial charge in [0.1, 0.15) is 0 Å². The Morgan fingerprint density at radius 3 is 2.69 bits per heavy atom. The number of ether oxygens (including phenoxy) is 1. The molecule has 0 aliphatic carbocycles. The van der Waals surface area contributed by atoms with Crippen LogP contribution in [0.15, 0.2) is 0 Å². The summed E-state index contributed by atoms with van der Waals surface area (Å²) in [5, 5.41) is 8.86. The maximum atomic E-state index is 10.8. The van der Waals surface area contributed by atoms with E-state index < -0.39 is 5.97 Å². The Morgan fingerprint density at radius 2 is 2.23 bits per heavy atom. The van der Waals surface area contributed by atoms with Crippen molar-refractivity contribution in [1.82, 2.24) is 0 Å². The van der Waals surface area contributed by atoms with Gasteiger partial charge in [-0.1, -0.05) is 6.92 Å². The van der Waals surface area contributed by atoms with E-state index in [4.69, 9.17) is 9.84 Å². The zero-order chi connectivity index (χ0) is 10.1. The van der Waals surface area contributed by atoms with Crippen LogP contribution >= 0.6 is 0 Å². The zero-order valence-electron chi connectivity index (χ0n) is 8.54. The van der Waals surface area contributed by atoms with E-state index in [1.807, 2.05) is 13.8 Å². The minimum atomic E-state index is -0.692. The van der Waals surface area contributed by atoms with Gasteiger partial charge in [-0.15, -0.1) is 0 Å². The van der Waals surface area contributed by atoms with Crippen LogP contribution in [-0.2, 0) is 9.53 Å². The molecule has 76 valence electrons. The molecule has 1 N–H and O–H groups in total. The Bertz CT molecular complexity index is 198. The fourth-order valence-corrected chi connectivity index (χ4v) is 1.91. The molecule has 0 aromatic carbocycles. The predicted octanol–water partition coefficient (Wildman–Crippen LogP) is 1.91. The van der Waals surface area contributed by atoms with Crippen LogP contribution in [0.2, 0.25) is 0 Å². The second kappa shape index (κ2) is 3.66. The molecule has 3 heteroatoms. The van der Waals surface area contributed by atoms with Gasteiger partial charge in [0.2, 0.25) is 0 Å². The van der Waals surface area contributed by atoms with Crippen molar-refractivity contribution >= 4 is 5.97 Å². The average molecular weight is 186 g/mol. The third-order valence-electron chi connectivity index (χ3n) is 2.83. The van der Waals surface area contributed by atoms with E-state index in [0.717, 1.165) is 12.8 Å². The standard InChI is InChI=1S/C10H18O3/c1-7(9(11)12)8-4-5-13-10(2,3)6-8/h7-8H,4-6H2,1-3H3,(H,11,12). The molecule has 0 bridgehead atoms. The molecule has 13 heavy (non-hydrogen) atoms. The largest absolute Gasteiger partial charge is 0.481 e. The second-order valence-corrected chi connectivity index (χ2v) is 4.49. The minimum Gasteiger partial charge on any atom is -0.481 e. The summed E-state index contributed by atoms with van der Waals surface area (Å²) in [6.07, 6.45) is 1.72. The maximum absolute atomic E-state index is 10.8. The van der Waals surface area contributed by atoms with Gasteiger partial charge >= 0.3 is 5.97 Å². The van der Waals surface area contributed by atoms with Crippen LogP contribution in [0.5, 0.6) is 0 Å². The van der Waals surface area contributed by atoms with Crippen molar-refractivity contribution < 1.29 is 14.6 Å². The van der Waals surface area contributed by atoms with Gasteiger partial charge in [0, 0.05) is 6.61 Å². The number of carbonyl (C=O) groups is 1. The summed E-state index contributed by atoms with van der Waals surface area (Å²) in [7, 11) is 0. The summed E-state index contributed by atoms with van der Waals surface area (Å²) >= 11 is 0. The first-order valence-corrected chi connectivity index (χ1v) is 4.79. The van der Waals surface area contributed by atoms with Gasteiger partial charge in [0.05, 0.1) is 11.5 Å². The van der Waals surface area contributed by atoms with Gasteiger partial charge in [-0.3, -0.25) is 4.79 Å². The molecular weight excluding hydrogens is 168 g/mol. The molecule has 3 nitrogen and oxygen atoms in total. The third kappa shape index (κ3) is 2.69. The summed E-state index contributed by atoms with van der Waals surface area (Å²) in [5.74, 6) is -0.674. The van der Waals surface area contributed by atoms with Gasteiger partial charge in [-0.05, 0) is 32.6 Å². The zero-order valence-corrected chi connectivity index (χ0v) is 8.54. The van der Waals surface area contributed by atoms with Crippen molar-refractivity contribution in [3.8, 4) is 0 Å². The van der Waals surface area contributed by atoms with Crippen LogP contribution in [0.3, 0.4) is 0 Å². The first-order valence-electron chi connectivity index (χ1n) is 4.79. The molecule has 0 spiro atoms. The number of carboxylic acids is 1. The molecule has 2 atom stereocenters. The highest BCUT2D eigenvalue weighted by atomic mass is 16.5. The van der Waals surface area contributed by atoms with Gasteiger partial charge < -0.3 is 9.84 Å². The topological polar surface area (TPSA) is 46.5 Å². The summed E-state index contributed by atoms with van der Waals surface area (Å²) in [5.41, 5.74) is -0.146. The van der Waals surface area contributed by atoms with E-state index in [2.05, 4.69) is 0 Å². The summed E-state index contributed by atoms with van der Waals surface area (Å²) in [6.45, 7) is 6.52. The lowest BCUT2D eigenvalue weighted by Crippen LogP contribution is -2.38. The Morgan fingerprint density at radius 1 is 1.62 bits per heavy atom. The van der Waals surface area contributed by atoms with Gasteiger partial charge in [0.15, 0.2) is 0 Å². The molecular formula is C10H18O3. The Balaban J connectivity index is 2.56. The van der Waals surface area contributed by atoms with Crippen molar-refractivity contribution in [3.05, 3.63) is 0 Å². The van der Waals surface area contributed by atoms with Crippen LogP contribution in [0.1, 0.15) is 33.6 Å². The number of carboxylic acid groups (broad SMARTS) is 1. The van der Waals surface area contributed by atoms with E-state index in [1.165, 1.54) is 0 Å². The van der Waals surface area contributed by atoms with Crippen molar-refractivity contribution in [2.75, 3.05) is 6.61 Å². The highest BCUT2D eigenvalue weighted by Crippen LogP contribution is 2.33. The fraction of sp³-hybridized carbons (Fsp3) is 0.900. The number of hydrogen-bond acceptors (Lipinski definition) is 2. The minimum absolute atomic E-state index is 0.146. The molecule has 1 aliphatic rings. The van der Waals surface area contributed by atoms with Crippen LogP contribution in [0.4, 0.5) is 0 Å².